The molecule has 4 aromatic rings. The van der Waals surface area contributed by atoms with Crippen LogP contribution < -0.4 is 0 Å². The van der Waals surface area contributed by atoms with Crippen molar-refractivity contribution in [2.24, 2.45) is 0 Å². The van der Waals surface area contributed by atoms with Crippen LogP contribution in [0.3, 0.4) is 0 Å². The Morgan fingerprint density at radius 3 is 2.68 bits per heavy atom. The number of hydrogen-bond acceptors (Lipinski definition) is 4. The standard InChI is InChI=1S/C17H14ClF3N6Se/c1-9(2)26-8-13(17(19,20)21)24-15(26)12-4-3-11(28-12)7-27-14-10(6-23-27)5-22-16(18)25-14/h3-6,8-9H,7H2,1-2H3. The fourth-order valence-corrected chi connectivity index (χ4v) is 4.99. The maximum absolute atomic E-state index is 13.1. The molecule has 0 amide bonds. The number of fused-ring (bicyclic) bond motifs is 1. The second-order valence-electron chi connectivity index (χ2n) is 6.43. The van der Waals surface area contributed by atoms with E-state index in [9.17, 15) is 13.2 Å². The molecule has 0 aliphatic carbocycles. The van der Waals surface area contributed by atoms with E-state index in [4.69, 9.17) is 11.6 Å². The average molecular weight is 474 g/mol. The predicted molar refractivity (Wildman–Crippen MR) is 99.4 cm³/mol. The van der Waals surface area contributed by atoms with Crippen molar-refractivity contribution in [3.8, 4) is 10.3 Å². The summed E-state index contributed by atoms with van der Waals surface area (Å²) in [5.41, 5.74) is -0.251. The SMILES string of the molecule is CC(C)n1cc(C(F)(F)F)nc1-c1ccc(Cn2ncc3cnc(Cl)nc32)[se]1. The first-order chi connectivity index (χ1) is 13.2. The second-order valence-corrected chi connectivity index (χ2v) is 9.22. The van der Waals surface area contributed by atoms with Gasteiger partial charge in [-0.1, -0.05) is 0 Å². The Labute approximate surface area is 168 Å². The maximum atomic E-state index is 13.1. The van der Waals surface area contributed by atoms with Crippen molar-refractivity contribution in [3.63, 3.8) is 0 Å². The zero-order valence-corrected chi connectivity index (χ0v) is 17.2. The van der Waals surface area contributed by atoms with Gasteiger partial charge in [-0.25, -0.2) is 0 Å². The molecule has 0 spiro atoms. The summed E-state index contributed by atoms with van der Waals surface area (Å²) >= 11 is 5.70. The summed E-state index contributed by atoms with van der Waals surface area (Å²) < 4.78 is 44.4. The van der Waals surface area contributed by atoms with Crippen molar-refractivity contribution in [3.05, 3.63) is 46.1 Å². The van der Waals surface area contributed by atoms with E-state index in [1.165, 1.54) is 0 Å². The van der Waals surface area contributed by atoms with Gasteiger partial charge in [0.15, 0.2) is 0 Å². The van der Waals surface area contributed by atoms with Crippen LogP contribution in [0.2, 0.25) is 5.28 Å². The minimum absolute atomic E-state index is 0.131. The Hall–Kier alpha value is -2.16. The minimum atomic E-state index is -4.47. The molecule has 4 aromatic heterocycles. The van der Waals surface area contributed by atoms with Crippen LogP contribution in [0.25, 0.3) is 21.3 Å². The van der Waals surface area contributed by atoms with E-state index in [1.807, 2.05) is 26.0 Å². The number of halogens is 4. The third-order valence-corrected chi connectivity index (χ3v) is 6.53. The molecular weight excluding hydrogens is 460 g/mol. The van der Waals surface area contributed by atoms with E-state index >= 15 is 0 Å². The van der Waals surface area contributed by atoms with Gasteiger partial charge in [0, 0.05) is 0 Å². The second kappa shape index (κ2) is 7.02. The number of hydrogen-bond donors (Lipinski definition) is 0. The summed E-state index contributed by atoms with van der Waals surface area (Å²) in [5.74, 6) is 0.365. The van der Waals surface area contributed by atoms with Gasteiger partial charge in [0.05, 0.1) is 0 Å². The molecule has 0 aliphatic rings. The Balaban J connectivity index is 1.68. The van der Waals surface area contributed by atoms with Crippen LogP contribution in [0.4, 0.5) is 13.2 Å². The van der Waals surface area contributed by atoms with Gasteiger partial charge in [0.25, 0.3) is 0 Å². The Morgan fingerprint density at radius 2 is 1.96 bits per heavy atom. The monoisotopic (exact) mass is 474 g/mol. The molecule has 146 valence electrons. The fraction of sp³-hybridized carbons (Fsp3) is 0.294. The molecule has 11 heteroatoms. The first kappa shape index (κ1) is 19.2. The van der Waals surface area contributed by atoms with Gasteiger partial charge in [-0.2, -0.15) is 0 Å². The molecule has 28 heavy (non-hydrogen) atoms. The topological polar surface area (TPSA) is 61.4 Å². The predicted octanol–water partition coefficient (Wildman–Crippen LogP) is 4.05. The third-order valence-electron chi connectivity index (χ3n) is 4.11. The van der Waals surface area contributed by atoms with Crippen LogP contribution in [0.15, 0.2) is 30.7 Å². The summed E-state index contributed by atoms with van der Waals surface area (Å²) in [5, 5.41) is 5.22. The Bertz CT molecular complexity index is 1140. The van der Waals surface area contributed by atoms with Gasteiger partial charge >= 0.3 is 169 Å². The molecule has 0 N–H and O–H groups in total. The van der Waals surface area contributed by atoms with E-state index in [-0.39, 0.29) is 25.8 Å². The van der Waals surface area contributed by atoms with E-state index in [1.54, 1.807) is 21.6 Å². The number of rotatable bonds is 4. The molecule has 0 saturated heterocycles. The van der Waals surface area contributed by atoms with Crippen LogP contribution in [0.1, 0.15) is 30.0 Å². The molecule has 0 atom stereocenters. The van der Waals surface area contributed by atoms with Crippen LogP contribution >= 0.6 is 11.6 Å². The van der Waals surface area contributed by atoms with E-state index in [0.29, 0.717) is 18.0 Å². The van der Waals surface area contributed by atoms with Gasteiger partial charge in [-0.15, -0.1) is 0 Å². The molecule has 0 unspecified atom stereocenters. The Morgan fingerprint density at radius 1 is 1.18 bits per heavy atom. The number of alkyl halides is 3. The molecule has 4 heterocycles. The van der Waals surface area contributed by atoms with Crippen molar-refractivity contribution in [2.45, 2.75) is 32.6 Å². The van der Waals surface area contributed by atoms with Gasteiger partial charge in [-0.05, 0) is 0 Å². The molecule has 0 radical (unpaired) electrons. The van der Waals surface area contributed by atoms with E-state index in [2.05, 4.69) is 20.1 Å². The summed E-state index contributed by atoms with van der Waals surface area (Å²) in [6.45, 7) is 4.15. The number of nitrogens with zero attached hydrogens (tertiary/aromatic N) is 6. The normalized spacial score (nSPS) is 12.4. The molecule has 4 rings (SSSR count). The molecule has 0 fully saturated rings. The first-order valence-electron chi connectivity index (χ1n) is 8.31. The van der Waals surface area contributed by atoms with Crippen molar-refractivity contribution in [2.75, 3.05) is 0 Å². The van der Waals surface area contributed by atoms with Crippen LogP contribution in [-0.4, -0.2) is 43.8 Å². The van der Waals surface area contributed by atoms with Crippen LogP contribution in [0.5, 0.6) is 0 Å². The quantitative estimate of drug-likeness (QED) is 0.331. The summed E-state index contributed by atoms with van der Waals surface area (Å²) in [4.78, 5) is 12.0. The van der Waals surface area contributed by atoms with Gasteiger partial charge < -0.3 is 0 Å². The van der Waals surface area contributed by atoms with Crippen molar-refractivity contribution in [1.82, 2.24) is 29.3 Å². The first-order valence-corrected chi connectivity index (χ1v) is 10.4. The van der Waals surface area contributed by atoms with E-state index < -0.39 is 11.9 Å². The molecule has 0 aliphatic heterocycles. The van der Waals surface area contributed by atoms with Gasteiger partial charge in [0.2, 0.25) is 0 Å². The number of aromatic nitrogens is 6. The summed E-state index contributed by atoms with van der Waals surface area (Å²) in [6.07, 6.45) is -0.132. The van der Waals surface area contributed by atoms with Crippen LogP contribution in [0, 0.1) is 0 Å². The molecule has 0 saturated carbocycles. The zero-order valence-electron chi connectivity index (χ0n) is 14.8. The average Bonchev–Trinajstić information content (AvgIpc) is 3.32. The fourth-order valence-electron chi connectivity index (χ4n) is 2.80. The van der Waals surface area contributed by atoms with Crippen molar-refractivity contribution >= 4 is 37.1 Å². The van der Waals surface area contributed by atoms with Gasteiger partial charge in [-0.3, -0.25) is 0 Å². The Kier molecular flexibility index (Phi) is 4.81. The zero-order chi connectivity index (χ0) is 20.1. The number of imidazole rings is 1. The molecule has 0 bridgehead atoms. The van der Waals surface area contributed by atoms with Crippen molar-refractivity contribution < 1.29 is 13.2 Å². The summed E-state index contributed by atoms with van der Waals surface area (Å²) in [7, 11) is 0. The molecular formula is C17H14ClF3N6Se. The third kappa shape index (κ3) is 3.59. The summed E-state index contributed by atoms with van der Waals surface area (Å²) in [6, 6.07) is 3.62. The van der Waals surface area contributed by atoms with Crippen molar-refractivity contribution in [1.29, 1.82) is 0 Å². The van der Waals surface area contributed by atoms with E-state index in [0.717, 1.165) is 20.5 Å². The molecule has 0 aromatic carbocycles. The molecule has 6 nitrogen and oxygen atoms in total. The van der Waals surface area contributed by atoms with Crippen LogP contribution in [-0.2, 0) is 12.7 Å². The van der Waals surface area contributed by atoms with Gasteiger partial charge in [0.1, 0.15) is 0 Å².